The molecule has 0 bridgehead atoms. The van der Waals surface area contributed by atoms with Crippen LogP contribution in [0.2, 0.25) is 0 Å². The first-order valence-corrected chi connectivity index (χ1v) is 6.96. The van der Waals surface area contributed by atoms with Crippen molar-refractivity contribution in [3.8, 4) is 0 Å². The van der Waals surface area contributed by atoms with Gasteiger partial charge in [-0.15, -0.1) is 0 Å². The molecular weight excluding hydrogens is 266 g/mol. The highest BCUT2D eigenvalue weighted by Crippen LogP contribution is 2.14. The zero-order valence-corrected chi connectivity index (χ0v) is 12.9. The van der Waals surface area contributed by atoms with Crippen LogP contribution in [0, 0.1) is 6.92 Å². The van der Waals surface area contributed by atoms with Gasteiger partial charge in [0.15, 0.2) is 0 Å². The zero-order valence-electron chi connectivity index (χ0n) is 12.9. The molecule has 112 valence electrons. The van der Waals surface area contributed by atoms with Gasteiger partial charge in [0.2, 0.25) is 0 Å². The van der Waals surface area contributed by atoms with Crippen LogP contribution in [0.25, 0.3) is 0 Å². The fourth-order valence-corrected chi connectivity index (χ4v) is 2.26. The molecule has 0 unspecified atom stereocenters. The zero-order chi connectivity index (χ0) is 15.6. The molecule has 1 heterocycles. The Kier molecular flexibility index (Phi) is 4.43. The molecule has 1 aromatic carbocycles. The van der Waals surface area contributed by atoms with Gasteiger partial charge < -0.3 is 5.32 Å². The van der Waals surface area contributed by atoms with Crippen LogP contribution in [0.1, 0.15) is 29.8 Å². The molecule has 0 saturated carbocycles. The molecule has 1 atom stereocenters. The second-order valence-corrected chi connectivity index (χ2v) is 5.39. The maximum absolute atomic E-state index is 11.9. The average molecular weight is 287 g/mol. The molecule has 2 aromatic rings. The topological polar surface area (TPSA) is 56.0 Å². The Balaban J connectivity index is 2.17. The van der Waals surface area contributed by atoms with Crippen molar-refractivity contribution >= 4 is 0 Å². The molecule has 5 heteroatoms. The van der Waals surface area contributed by atoms with Crippen molar-refractivity contribution in [1.29, 1.82) is 0 Å². The van der Waals surface area contributed by atoms with Crippen LogP contribution in [0.15, 0.2) is 39.9 Å². The van der Waals surface area contributed by atoms with E-state index in [4.69, 9.17) is 0 Å². The minimum absolute atomic E-state index is 0.143. The lowest BCUT2D eigenvalue weighted by atomic mass is 10.1. The van der Waals surface area contributed by atoms with E-state index in [1.165, 1.54) is 28.8 Å². The molecule has 0 amide bonds. The molecule has 0 aliphatic carbocycles. The summed E-state index contributed by atoms with van der Waals surface area (Å²) in [6.45, 7) is 4.59. The summed E-state index contributed by atoms with van der Waals surface area (Å²) in [5.41, 5.74) is 2.49. The molecule has 0 fully saturated rings. The standard InChI is InChI=1S/C16H21N3O2/c1-11-6-5-7-13(8-11)12(2)17-10-14-9-15(20)19(4)16(21)18(14)3/h5-9,12,17H,10H2,1-4H3/t12-/m0/s1. The van der Waals surface area contributed by atoms with Gasteiger partial charge in [0.1, 0.15) is 0 Å². The van der Waals surface area contributed by atoms with E-state index in [-0.39, 0.29) is 17.3 Å². The molecule has 21 heavy (non-hydrogen) atoms. The SMILES string of the molecule is Cc1cccc([C@H](C)NCc2cc(=O)n(C)c(=O)n2C)c1. The quantitative estimate of drug-likeness (QED) is 0.920. The van der Waals surface area contributed by atoms with Crippen molar-refractivity contribution in [3.63, 3.8) is 0 Å². The lowest BCUT2D eigenvalue weighted by molar-refractivity contribution is 0.540. The summed E-state index contributed by atoms with van der Waals surface area (Å²) in [5, 5.41) is 3.35. The van der Waals surface area contributed by atoms with E-state index in [2.05, 4.69) is 37.4 Å². The number of nitrogens with one attached hydrogen (secondary N) is 1. The summed E-state index contributed by atoms with van der Waals surface area (Å²) in [5.74, 6) is 0. The van der Waals surface area contributed by atoms with Crippen LogP contribution in [0.5, 0.6) is 0 Å². The molecule has 0 aliphatic heterocycles. The minimum Gasteiger partial charge on any atom is -0.305 e. The lowest BCUT2D eigenvalue weighted by Crippen LogP contribution is -2.39. The molecule has 0 aliphatic rings. The number of nitrogens with zero attached hydrogens (tertiary/aromatic N) is 2. The Morgan fingerprint density at radius 2 is 1.86 bits per heavy atom. The Morgan fingerprint density at radius 1 is 1.14 bits per heavy atom. The van der Waals surface area contributed by atoms with Gasteiger partial charge in [-0.2, -0.15) is 0 Å². The van der Waals surface area contributed by atoms with Gasteiger partial charge in [-0.1, -0.05) is 29.8 Å². The van der Waals surface area contributed by atoms with E-state index in [1.54, 1.807) is 7.05 Å². The summed E-state index contributed by atoms with van der Waals surface area (Å²) < 4.78 is 2.60. The largest absolute Gasteiger partial charge is 0.330 e. The fourth-order valence-electron chi connectivity index (χ4n) is 2.26. The van der Waals surface area contributed by atoms with E-state index in [0.29, 0.717) is 12.2 Å². The third-order valence-corrected chi connectivity index (χ3v) is 3.76. The number of hydrogen-bond donors (Lipinski definition) is 1. The molecule has 5 nitrogen and oxygen atoms in total. The molecule has 2 rings (SSSR count). The van der Waals surface area contributed by atoms with Crippen LogP contribution in [0.3, 0.4) is 0 Å². The Labute approximate surface area is 123 Å². The maximum Gasteiger partial charge on any atom is 0.330 e. The molecule has 0 spiro atoms. The molecule has 0 saturated heterocycles. The van der Waals surface area contributed by atoms with Crippen LogP contribution >= 0.6 is 0 Å². The van der Waals surface area contributed by atoms with Gasteiger partial charge >= 0.3 is 5.69 Å². The number of aryl methyl sites for hydroxylation is 1. The predicted molar refractivity (Wildman–Crippen MR) is 83.4 cm³/mol. The fraction of sp³-hybridized carbons (Fsp3) is 0.375. The smallest absolute Gasteiger partial charge is 0.305 e. The Hall–Kier alpha value is -2.14. The summed E-state index contributed by atoms with van der Waals surface area (Å²) in [7, 11) is 3.16. The summed E-state index contributed by atoms with van der Waals surface area (Å²) >= 11 is 0. The molecule has 1 N–H and O–H groups in total. The van der Waals surface area contributed by atoms with Crippen molar-refractivity contribution in [1.82, 2.24) is 14.5 Å². The normalized spacial score (nSPS) is 12.4. The van der Waals surface area contributed by atoms with E-state index >= 15 is 0 Å². The first kappa shape index (κ1) is 15.3. The minimum atomic E-state index is -0.303. The molecular formula is C16H21N3O2. The van der Waals surface area contributed by atoms with Crippen molar-refractivity contribution in [3.05, 3.63) is 68.0 Å². The molecule has 0 radical (unpaired) electrons. The number of rotatable bonds is 4. The van der Waals surface area contributed by atoms with Gasteiger partial charge in [0, 0.05) is 38.4 Å². The van der Waals surface area contributed by atoms with Gasteiger partial charge in [-0.25, -0.2) is 4.79 Å². The monoisotopic (exact) mass is 287 g/mol. The van der Waals surface area contributed by atoms with Gasteiger partial charge in [0.05, 0.1) is 0 Å². The maximum atomic E-state index is 11.9. The van der Waals surface area contributed by atoms with Crippen LogP contribution in [-0.2, 0) is 20.6 Å². The van der Waals surface area contributed by atoms with E-state index < -0.39 is 0 Å². The number of aromatic nitrogens is 2. The first-order chi connectivity index (χ1) is 9.90. The Morgan fingerprint density at radius 3 is 2.52 bits per heavy atom. The van der Waals surface area contributed by atoms with Crippen LogP contribution < -0.4 is 16.6 Å². The number of hydrogen-bond acceptors (Lipinski definition) is 3. The third-order valence-electron chi connectivity index (χ3n) is 3.76. The van der Waals surface area contributed by atoms with Gasteiger partial charge in [-0.3, -0.25) is 13.9 Å². The van der Waals surface area contributed by atoms with Crippen molar-refractivity contribution < 1.29 is 0 Å². The molecule has 1 aromatic heterocycles. The van der Waals surface area contributed by atoms with Crippen LogP contribution in [0.4, 0.5) is 0 Å². The lowest BCUT2D eigenvalue weighted by Gasteiger charge is -2.16. The first-order valence-electron chi connectivity index (χ1n) is 6.96. The number of benzene rings is 1. The highest BCUT2D eigenvalue weighted by molar-refractivity contribution is 5.24. The van der Waals surface area contributed by atoms with E-state index in [0.717, 1.165) is 4.57 Å². The summed E-state index contributed by atoms with van der Waals surface area (Å²) in [4.78, 5) is 23.6. The van der Waals surface area contributed by atoms with Crippen molar-refractivity contribution in [2.45, 2.75) is 26.4 Å². The van der Waals surface area contributed by atoms with E-state index in [9.17, 15) is 9.59 Å². The van der Waals surface area contributed by atoms with Crippen molar-refractivity contribution in [2.24, 2.45) is 14.1 Å². The highest BCUT2D eigenvalue weighted by atomic mass is 16.2. The predicted octanol–water partition coefficient (Wildman–Crippen LogP) is 1.24. The summed E-state index contributed by atoms with van der Waals surface area (Å²) in [6.07, 6.45) is 0. The van der Waals surface area contributed by atoms with E-state index in [1.807, 2.05) is 6.07 Å². The van der Waals surface area contributed by atoms with Crippen molar-refractivity contribution in [2.75, 3.05) is 0 Å². The highest BCUT2D eigenvalue weighted by Gasteiger charge is 2.09. The van der Waals surface area contributed by atoms with Gasteiger partial charge in [-0.05, 0) is 19.4 Å². The third kappa shape index (κ3) is 3.31. The summed E-state index contributed by atoms with van der Waals surface area (Å²) in [6, 6.07) is 9.91. The second kappa shape index (κ2) is 6.10. The second-order valence-electron chi connectivity index (χ2n) is 5.39. The van der Waals surface area contributed by atoms with Crippen LogP contribution in [-0.4, -0.2) is 9.13 Å². The van der Waals surface area contributed by atoms with Gasteiger partial charge in [0.25, 0.3) is 5.56 Å². The Bertz CT molecular complexity index is 759. The average Bonchev–Trinajstić information content (AvgIpc) is 2.47.